The van der Waals surface area contributed by atoms with Gasteiger partial charge in [0, 0.05) is 37.1 Å². The number of carbonyl (C=O) groups is 1. The highest BCUT2D eigenvalue weighted by atomic mass is 35.5. The van der Waals surface area contributed by atoms with E-state index in [1.54, 1.807) is 36.5 Å². The lowest BCUT2D eigenvalue weighted by atomic mass is 10.1. The molecule has 0 radical (unpaired) electrons. The Morgan fingerprint density at radius 3 is 2.48 bits per heavy atom. The van der Waals surface area contributed by atoms with Crippen LogP contribution in [-0.2, 0) is 4.74 Å². The lowest BCUT2D eigenvalue weighted by Crippen LogP contribution is -2.37. The SMILES string of the molecule is CC(C)c1cc(Nc2cc(NC(=O)c3c(Cl)cccc3Cl)ccn2)nc(N2CCOCC2)n1. The molecule has 1 saturated heterocycles. The zero-order valence-corrected chi connectivity index (χ0v) is 19.8. The molecule has 3 heterocycles. The highest BCUT2D eigenvalue weighted by Gasteiger charge is 2.18. The van der Waals surface area contributed by atoms with E-state index in [1.165, 1.54) is 0 Å². The van der Waals surface area contributed by atoms with Gasteiger partial charge < -0.3 is 20.3 Å². The van der Waals surface area contributed by atoms with E-state index in [-0.39, 0.29) is 21.5 Å². The maximum Gasteiger partial charge on any atom is 0.258 e. The summed E-state index contributed by atoms with van der Waals surface area (Å²) in [6.07, 6.45) is 1.60. The van der Waals surface area contributed by atoms with Gasteiger partial charge in [0.15, 0.2) is 0 Å². The minimum Gasteiger partial charge on any atom is -0.378 e. The summed E-state index contributed by atoms with van der Waals surface area (Å²) in [5.74, 6) is 1.64. The van der Waals surface area contributed by atoms with Crippen LogP contribution in [0.5, 0.6) is 0 Å². The van der Waals surface area contributed by atoms with Crippen LogP contribution in [-0.4, -0.2) is 47.2 Å². The van der Waals surface area contributed by atoms with Gasteiger partial charge in [0.2, 0.25) is 5.95 Å². The number of aromatic nitrogens is 3. The van der Waals surface area contributed by atoms with E-state index in [0.29, 0.717) is 36.5 Å². The van der Waals surface area contributed by atoms with Crippen molar-refractivity contribution in [2.75, 3.05) is 41.8 Å². The number of carbonyl (C=O) groups excluding carboxylic acids is 1. The lowest BCUT2D eigenvalue weighted by molar-refractivity contribution is 0.102. The van der Waals surface area contributed by atoms with Crippen molar-refractivity contribution in [1.82, 2.24) is 15.0 Å². The fourth-order valence-corrected chi connectivity index (χ4v) is 3.90. The summed E-state index contributed by atoms with van der Waals surface area (Å²) in [7, 11) is 0. The Labute approximate surface area is 202 Å². The molecule has 0 unspecified atom stereocenters. The molecule has 1 fully saturated rings. The van der Waals surface area contributed by atoms with Crippen LogP contribution in [0.25, 0.3) is 0 Å². The number of benzene rings is 1. The maximum atomic E-state index is 12.7. The summed E-state index contributed by atoms with van der Waals surface area (Å²) in [6, 6.07) is 10.2. The molecule has 1 aliphatic rings. The van der Waals surface area contributed by atoms with Crippen molar-refractivity contribution in [3.05, 3.63) is 63.9 Å². The second-order valence-electron chi connectivity index (χ2n) is 7.84. The molecule has 10 heteroatoms. The number of morpholine rings is 1. The molecule has 0 bridgehead atoms. The van der Waals surface area contributed by atoms with E-state index < -0.39 is 5.91 Å². The predicted molar refractivity (Wildman–Crippen MR) is 131 cm³/mol. The van der Waals surface area contributed by atoms with E-state index in [2.05, 4.69) is 39.3 Å². The predicted octanol–water partition coefficient (Wildman–Crippen LogP) is 5.13. The highest BCUT2D eigenvalue weighted by Crippen LogP contribution is 2.27. The zero-order valence-electron chi connectivity index (χ0n) is 18.3. The summed E-state index contributed by atoms with van der Waals surface area (Å²) in [5, 5.41) is 6.61. The first-order valence-corrected chi connectivity index (χ1v) is 11.4. The molecule has 33 heavy (non-hydrogen) atoms. The van der Waals surface area contributed by atoms with Gasteiger partial charge in [0.25, 0.3) is 5.91 Å². The van der Waals surface area contributed by atoms with Crippen LogP contribution >= 0.6 is 23.2 Å². The number of pyridine rings is 1. The molecular weight excluding hydrogens is 463 g/mol. The number of nitrogens with zero attached hydrogens (tertiary/aromatic N) is 4. The summed E-state index contributed by atoms with van der Waals surface area (Å²) < 4.78 is 5.44. The first-order valence-electron chi connectivity index (χ1n) is 10.6. The second-order valence-corrected chi connectivity index (χ2v) is 8.65. The summed E-state index contributed by atoms with van der Waals surface area (Å²) in [6.45, 7) is 6.96. The molecule has 172 valence electrons. The molecule has 1 aliphatic heterocycles. The molecule has 0 saturated carbocycles. The Bertz CT molecular complexity index is 1130. The van der Waals surface area contributed by atoms with Gasteiger partial charge in [-0.3, -0.25) is 4.79 Å². The molecule has 2 aromatic heterocycles. The van der Waals surface area contributed by atoms with Gasteiger partial charge >= 0.3 is 0 Å². The van der Waals surface area contributed by atoms with Gasteiger partial charge in [-0.25, -0.2) is 9.97 Å². The average molecular weight is 487 g/mol. The van der Waals surface area contributed by atoms with E-state index in [1.807, 2.05) is 6.07 Å². The van der Waals surface area contributed by atoms with Crippen molar-refractivity contribution in [2.24, 2.45) is 0 Å². The summed E-state index contributed by atoms with van der Waals surface area (Å²) in [5.41, 5.74) is 1.69. The van der Waals surface area contributed by atoms with Crippen molar-refractivity contribution in [3.8, 4) is 0 Å². The first-order chi connectivity index (χ1) is 15.9. The molecular formula is C23H24Cl2N6O2. The third kappa shape index (κ3) is 5.71. The summed E-state index contributed by atoms with van der Waals surface area (Å²) >= 11 is 12.3. The zero-order chi connectivity index (χ0) is 23.4. The number of rotatable bonds is 6. The fraction of sp³-hybridized carbons (Fsp3) is 0.304. The molecule has 4 rings (SSSR count). The minimum absolute atomic E-state index is 0.222. The first kappa shape index (κ1) is 23.2. The van der Waals surface area contributed by atoms with Gasteiger partial charge in [0.1, 0.15) is 11.6 Å². The number of halogens is 2. The fourth-order valence-electron chi connectivity index (χ4n) is 3.33. The van der Waals surface area contributed by atoms with Gasteiger partial charge in [0.05, 0.1) is 34.5 Å². The lowest BCUT2D eigenvalue weighted by Gasteiger charge is -2.27. The van der Waals surface area contributed by atoms with Crippen molar-refractivity contribution in [2.45, 2.75) is 19.8 Å². The number of nitrogens with one attached hydrogen (secondary N) is 2. The van der Waals surface area contributed by atoms with Crippen LogP contribution < -0.4 is 15.5 Å². The Hall–Kier alpha value is -2.94. The van der Waals surface area contributed by atoms with Gasteiger partial charge in [-0.05, 0) is 24.1 Å². The molecule has 1 amide bonds. The van der Waals surface area contributed by atoms with Crippen LogP contribution in [0.15, 0.2) is 42.6 Å². The van der Waals surface area contributed by atoms with Gasteiger partial charge in [-0.1, -0.05) is 43.1 Å². The maximum absolute atomic E-state index is 12.7. The monoisotopic (exact) mass is 486 g/mol. The van der Waals surface area contributed by atoms with Crippen LogP contribution in [0, 0.1) is 0 Å². The molecule has 1 aromatic carbocycles. The van der Waals surface area contributed by atoms with Crippen molar-refractivity contribution < 1.29 is 9.53 Å². The Morgan fingerprint density at radius 2 is 1.79 bits per heavy atom. The number of anilines is 4. The molecule has 0 aliphatic carbocycles. The normalized spacial score (nSPS) is 13.8. The van der Waals surface area contributed by atoms with Crippen LogP contribution in [0.1, 0.15) is 35.8 Å². The van der Waals surface area contributed by atoms with Crippen molar-refractivity contribution >= 4 is 52.4 Å². The third-order valence-electron chi connectivity index (χ3n) is 5.08. The Morgan fingerprint density at radius 1 is 1.06 bits per heavy atom. The minimum atomic E-state index is -0.401. The third-order valence-corrected chi connectivity index (χ3v) is 5.71. The number of amides is 1. The van der Waals surface area contributed by atoms with E-state index in [0.717, 1.165) is 18.8 Å². The quantitative estimate of drug-likeness (QED) is 0.498. The Balaban J connectivity index is 1.55. The van der Waals surface area contributed by atoms with Crippen LogP contribution in [0.2, 0.25) is 10.0 Å². The van der Waals surface area contributed by atoms with Gasteiger partial charge in [-0.15, -0.1) is 0 Å². The average Bonchev–Trinajstić information content (AvgIpc) is 2.79. The van der Waals surface area contributed by atoms with E-state index >= 15 is 0 Å². The standard InChI is InChI=1S/C23H24Cl2N6O2/c1-14(2)18-13-20(30-23(28-18)31-8-10-33-11-9-31)29-19-12-15(6-7-26-19)27-22(32)21-16(24)4-3-5-17(21)25/h3-7,12-14H,8-11H2,1-2H3,(H2,26,27,28,29,30,32). The highest BCUT2D eigenvalue weighted by molar-refractivity contribution is 6.40. The number of hydrogen-bond acceptors (Lipinski definition) is 7. The second kappa shape index (κ2) is 10.3. The molecule has 2 N–H and O–H groups in total. The van der Waals surface area contributed by atoms with Crippen molar-refractivity contribution in [1.29, 1.82) is 0 Å². The topological polar surface area (TPSA) is 92.3 Å². The molecule has 0 atom stereocenters. The van der Waals surface area contributed by atoms with E-state index in [4.69, 9.17) is 32.9 Å². The van der Waals surface area contributed by atoms with Gasteiger partial charge in [-0.2, -0.15) is 4.98 Å². The largest absolute Gasteiger partial charge is 0.378 e. The smallest absolute Gasteiger partial charge is 0.258 e. The molecule has 8 nitrogen and oxygen atoms in total. The van der Waals surface area contributed by atoms with Crippen molar-refractivity contribution in [3.63, 3.8) is 0 Å². The molecule has 3 aromatic rings. The van der Waals surface area contributed by atoms with Crippen LogP contribution in [0.3, 0.4) is 0 Å². The molecule has 0 spiro atoms. The van der Waals surface area contributed by atoms with E-state index in [9.17, 15) is 4.79 Å². The number of hydrogen-bond donors (Lipinski definition) is 2. The van der Waals surface area contributed by atoms with Crippen LogP contribution in [0.4, 0.5) is 23.3 Å². The Kier molecular flexibility index (Phi) is 7.27. The number of ether oxygens (including phenoxy) is 1. The summed E-state index contributed by atoms with van der Waals surface area (Å²) in [4.78, 5) is 28.6.